The Morgan fingerprint density at radius 3 is 2.59 bits per heavy atom. The first-order chi connectivity index (χ1) is 14.3. The zero-order valence-electron chi connectivity index (χ0n) is 16.3. The van der Waals surface area contributed by atoms with Gasteiger partial charge in [0.1, 0.15) is 17.3 Å². The van der Waals surface area contributed by atoms with Crippen LogP contribution in [-0.4, -0.2) is 34.1 Å². The van der Waals surface area contributed by atoms with Crippen molar-refractivity contribution < 1.29 is 4.39 Å². The van der Waals surface area contributed by atoms with Crippen LogP contribution in [0, 0.1) is 5.82 Å². The molecule has 1 aliphatic heterocycles. The Bertz CT molecular complexity index is 999. The molecule has 29 heavy (non-hydrogen) atoms. The van der Waals surface area contributed by atoms with Crippen molar-refractivity contribution in [1.29, 1.82) is 0 Å². The number of halogens is 1. The number of rotatable bonds is 4. The minimum Gasteiger partial charge on any atom is -0.380 e. The lowest BCUT2D eigenvalue weighted by atomic mass is 10.0. The van der Waals surface area contributed by atoms with E-state index in [4.69, 9.17) is 9.97 Å². The van der Waals surface area contributed by atoms with Gasteiger partial charge in [-0.3, -0.25) is 4.98 Å². The van der Waals surface area contributed by atoms with Gasteiger partial charge in [0.05, 0.1) is 5.69 Å². The molecule has 2 aliphatic rings. The lowest BCUT2D eigenvalue weighted by Crippen LogP contribution is -2.40. The maximum Gasteiger partial charge on any atom is 0.180 e. The molecule has 0 amide bonds. The average Bonchev–Trinajstić information content (AvgIpc) is 3.25. The number of fused-ring (bicyclic) bond motifs is 1. The van der Waals surface area contributed by atoms with E-state index in [-0.39, 0.29) is 11.9 Å². The molecule has 148 valence electrons. The predicted molar refractivity (Wildman–Crippen MR) is 113 cm³/mol. The van der Waals surface area contributed by atoms with Crippen molar-refractivity contribution in [2.24, 2.45) is 0 Å². The summed E-state index contributed by atoms with van der Waals surface area (Å²) in [6, 6.07) is 13.0. The van der Waals surface area contributed by atoms with Crippen LogP contribution < -0.4 is 10.2 Å². The van der Waals surface area contributed by atoms with Crippen LogP contribution in [0.1, 0.15) is 30.5 Å². The number of para-hydroxylation sites is 1. The molecule has 1 N–H and O–H groups in total. The monoisotopic (exact) mass is 389 g/mol. The van der Waals surface area contributed by atoms with Crippen molar-refractivity contribution in [1.82, 2.24) is 15.0 Å². The summed E-state index contributed by atoms with van der Waals surface area (Å²) < 4.78 is 13.9. The van der Waals surface area contributed by atoms with E-state index in [0.717, 1.165) is 56.7 Å². The van der Waals surface area contributed by atoms with Crippen LogP contribution >= 0.6 is 0 Å². The largest absolute Gasteiger partial charge is 0.380 e. The molecule has 6 heteroatoms. The second-order valence-electron chi connectivity index (χ2n) is 7.75. The Morgan fingerprint density at radius 2 is 1.79 bits per heavy atom. The normalized spacial score (nSPS) is 16.7. The number of nitrogens with one attached hydrogen (secondary N) is 1. The molecule has 5 nitrogen and oxygen atoms in total. The van der Waals surface area contributed by atoms with Crippen LogP contribution in [0.2, 0.25) is 0 Å². The summed E-state index contributed by atoms with van der Waals surface area (Å²) in [7, 11) is 0. The number of aryl methyl sites for hydroxylation is 1. The molecule has 0 spiro atoms. The van der Waals surface area contributed by atoms with E-state index in [2.05, 4.69) is 15.2 Å². The highest BCUT2D eigenvalue weighted by molar-refractivity contribution is 5.59. The van der Waals surface area contributed by atoms with Gasteiger partial charge in [0.15, 0.2) is 5.82 Å². The molecule has 1 saturated heterocycles. The van der Waals surface area contributed by atoms with Gasteiger partial charge in [-0.05, 0) is 56.4 Å². The van der Waals surface area contributed by atoms with E-state index in [9.17, 15) is 4.39 Å². The number of anilines is 2. The van der Waals surface area contributed by atoms with Crippen LogP contribution in [0.25, 0.3) is 11.5 Å². The SMILES string of the molecule is Fc1ccccc1NC1CCN(c2nc(-c3ccccn3)nc3c2CCC3)CC1. The van der Waals surface area contributed by atoms with Gasteiger partial charge in [0.2, 0.25) is 0 Å². The molecule has 0 radical (unpaired) electrons. The maximum absolute atomic E-state index is 13.9. The van der Waals surface area contributed by atoms with Crippen LogP contribution in [0.3, 0.4) is 0 Å². The third-order valence-electron chi connectivity index (χ3n) is 5.83. The minimum atomic E-state index is -0.191. The molecule has 5 rings (SSSR count). The van der Waals surface area contributed by atoms with Crippen molar-refractivity contribution >= 4 is 11.5 Å². The van der Waals surface area contributed by atoms with Gasteiger partial charge in [0.25, 0.3) is 0 Å². The van der Waals surface area contributed by atoms with Gasteiger partial charge >= 0.3 is 0 Å². The van der Waals surface area contributed by atoms with E-state index in [0.29, 0.717) is 11.5 Å². The summed E-state index contributed by atoms with van der Waals surface area (Å²) in [4.78, 5) is 16.6. The van der Waals surface area contributed by atoms with E-state index in [1.54, 1.807) is 18.3 Å². The highest BCUT2D eigenvalue weighted by atomic mass is 19.1. The Kier molecular flexibility index (Phi) is 4.84. The summed E-state index contributed by atoms with van der Waals surface area (Å²) >= 11 is 0. The zero-order valence-corrected chi connectivity index (χ0v) is 16.3. The van der Waals surface area contributed by atoms with E-state index in [1.165, 1.54) is 17.3 Å². The lowest BCUT2D eigenvalue weighted by molar-refractivity contribution is 0.518. The molecule has 3 heterocycles. The fourth-order valence-electron chi connectivity index (χ4n) is 4.32. The molecule has 1 fully saturated rings. The van der Waals surface area contributed by atoms with Crippen LogP contribution in [-0.2, 0) is 12.8 Å². The Balaban J connectivity index is 1.35. The first-order valence-corrected chi connectivity index (χ1v) is 10.3. The van der Waals surface area contributed by atoms with Gasteiger partial charge in [-0.15, -0.1) is 0 Å². The smallest absolute Gasteiger partial charge is 0.180 e. The van der Waals surface area contributed by atoms with Crippen LogP contribution in [0.5, 0.6) is 0 Å². The maximum atomic E-state index is 13.9. The van der Waals surface area contributed by atoms with E-state index in [1.807, 2.05) is 24.3 Å². The highest BCUT2D eigenvalue weighted by Crippen LogP contribution is 2.32. The van der Waals surface area contributed by atoms with Gasteiger partial charge < -0.3 is 10.2 Å². The van der Waals surface area contributed by atoms with Crippen LogP contribution in [0.4, 0.5) is 15.9 Å². The van der Waals surface area contributed by atoms with Gasteiger partial charge in [-0.2, -0.15) is 0 Å². The Morgan fingerprint density at radius 1 is 0.966 bits per heavy atom. The summed E-state index contributed by atoms with van der Waals surface area (Å²) in [6.07, 6.45) is 6.87. The lowest BCUT2D eigenvalue weighted by Gasteiger charge is -2.34. The second-order valence-corrected chi connectivity index (χ2v) is 7.75. The molecule has 0 atom stereocenters. The molecule has 0 saturated carbocycles. The Labute approximate surface area is 170 Å². The van der Waals surface area contributed by atoms with Gasteiger partial charge in [-0.25, -0.2) is 14.4 Å². The third-order valence-corrected chi connectivity index (χ3v) is 5.83. The van der Waals surface area contributed by atoms with Crippen molar-refractivity contribution in [3.8, 4) is 11.5 Å². The number of nitrogens with zero attached hydrogens (tertiary/aromatic N) is 4. The third kappa shape index (κ3) is 3.67. The molecular weight excluding hydrogens is 365 g/mol. The van der Waals surface area contributed by atoms with E-state index < -0.39 is 0 Å². The second kappa shape index (κ2) is 7.78. The van der Waals surface area contributed by atoms with Crippen molar-refractivity contribution in [3.63, 3.8) is 0 Å². The molecule has 1 aliphatic carbocycles. The number of hydrogen-bond acceptors (Lipinski definition) is 5. The molecule has 0 unspecified atom stereocenters. The van der Waals surface area contributed by atoms with Crippen molar-refractivity contribution in [3.05, 3.63) is 65.7 Å². The van der Waals surface area contributed by atoms with E-state index >= 15 is 0 Å². The number of benzene rings is 1. The zero-order chi connectivity index (χ0) is 19.6. The van der Waals surface area contributed by atoms with Crippen molar-refractivity contribution in [2.75, 3.05) is 23.3 Å². The fraction of sp³-hybridized carbons (Fsp3) is 0.348. The van der Waals surface area contributed by atoms with Crippen LogP contribution in [0.15, 0.2) is 48.7 Å². The van der Waals surface area contributed by atoms with Gasteiger partial charge in [-0.1, -0.05) is 18.2 Å². The first kappa shape index (κ1) is 18.0. The highest BCUT2D eigenvalue weighted by Gasteiger charge is 2.27. The minimum absolute atomic E-state index is 0.191. The number of pyridine rings is 1. The van der Waals surface area contributed by atoms with Crippen molar-refractivity contribution in [2.45, 2.75) is 38.1 Å². The molecule has 1 aromatic carbocycles. The molecule has 3 aromatic rings. The number of hydrogen-bond donors (Lipinski definition) is 1. The molecular formula is C23H24FN5. The number of aromatic nitrogens is 3. The summed E-state index contributed by atoms with van der Waals surface area (Å²) in [5.74, 6) is 1.59. The Hall–Kier alpha value is -3.02. The summed E-state index contributed by atoms with van der Waals surface area (Å²) in [6.45, 7) is 1.80. The quantitative estimate of drug-likeness (QED) is 0.723. The molecule has 0 bridgehead atoms. The summed E-state index contributed by atoms with van der Waals surface area (Å²) in [5, 5.41) is 3.37. The predicted octanol–water partition coefficient (Wildman–Crippen LogP) is 4.25. The first-order valence-electron chi connectivity index (χ1n) is 10.3. The fourth-order valence-corrected chi connectivity index (χ4v) is 4.32. The molecule has 2 aromatic heterocycles. The average molecular weight is 389 g/mol. The summed E-state index contributed by atoms with van der Waals surface area (Å²) in [5.41, 5.74) is 3.87. The number of piperidine rings is 1. The standard InChI is InChI=1S/C23H24FN5/c24-18-7-1-2-8-20(18)26-16-11-14-29(15-12-16)23-17-6-5-10-19(17)27-22(28-23)21-9-3-4-13-25-21/h1-4,7-9,13,16,26H,5-6,10-12,14-15H2. The van der Waals surface area contributed by atoms with Gasteiger partial charge in [0, 0.05) is 36.6 Å². The topological polar surface area (TPSA) is 53.9 Å².